The summed E-state index contributed by atoms with van der Waals surface area (Å²) < 4.78 is 33.5. The van der Waals surface area contributed by atoms with Crippen molar-refractivity contribution in [1.29, 1.82) is 0 Å². The number of nitrogens with one attached hydrogen (secondary N) is 1. The van der Waals surface area contributed by atoms with Crippen molar-refractivity contribution in [2.45, 2.75) is 39.0 Å². The Balaban J connectivity index is 2.48. The van der Waals surface area contributed by atoms with Crippen molar-refractivity contribution in [3.05, 3.63) is 51.5 Å². The standard InChI is InChI=1S/C21H27BrN2O4S/c1-6-15-12-17(22)11-14(4)20(15)23-21(25)16-9-10-18(28-5)19(13-16)29(26,27)24(7-2)8-3/h9-13H,6-8H2,1-5H3,(H,23,25). The lowest BCUT2D eigenvalue weighted by Gasteiger charge is -2.20. The van der Waals surface area contributed by atoms with Crippen molar-refractivity contribution in [1.82, 2.24) is 4.31 Å². The third-order valence-electron chi connectivity index (χ3n) is 4.75. The first-order valence-electron chi connectivity index (χ1n) is 9.48. The number of hydrogen-bond acceptors (Lipinski definition) is 4. The van der Waals surface area contributed by atoms with Crippen LogP contribution in [0.4, 0.5) is 5.69 Å². The first kappa shape index (κ1) is 23.4. The topological polar surface area (TPSA) is 75.7 Å². The lowest BCUT2D eigenvalue weighted by molar-refractivity contribution is 0.102. The minimum absolute atomic E-state index is 0.0143. The van der Waals surface area contributed by atoms with Crippen molar-refractivity contribution in [3.63, 3.8) is 0 Å². The number of carbonyl (C=O) groups excluding carboxylic acids is 1. The van der Waals surface area contributed by atoms with Crippen LogP contribution in [0.15, 0.2) is 39.7 Å². The molecule has 0 radical (unpaired) electrons. The molecule has 2 aromatic rings. The fourth-order valence-corrected chi connectivity index (χ4v) is 5.44. The Bertz CT molecular complexity index is 1000. The molecule has 2 aromatic carbocycles. The van der Waals surface area contributed by atoms with Crippen LogP contribution in [0.2, 0.25) is 0 Å². The summed E-state index contributed by atoms with van der Waals surface area (Å²) in [6.45, 7) is 8.13. The second kappa shape index (κ2) is 9.73. The molecule has 29 heavy (non-hydrogen) atoms. The number of rotatable bonds is 8. The zero-order chi connectivity index (χ0) is 21.8. The van der Waals surface area contributed by atoms with E-state index < -0.39 is 10.0 Å². The van der Waals surface area contributed by atoms with Crippen molar-refractivity contribution in [2.75, 3.05) is 25.5 Å². The number of halogens is 1. The molecule has 2 rings (SSSR count). The van der Waals surface area contributed by atoms with Gasteiger partial charge in [0, 0.05) is 28.8 Å². The van der Waals surface area contributed by atoms with Gasteiger partial charge in [-0.25, -0.2) is 8.42 Å². The molecular weight excluding hydrogens is 456 g/mol. The molecule has 1 amide bonds. The first-order valence-corrected chi connectivity index (χ1v) is 11.7. The van der Waals surface area contributed by atoms with Crippen LogP contribution in [0, 0.1) is 6.92 Å². The summed E-state index contributed by atoms with van der Waals surface area (Å²) in [7, 11) is -2.37. The second-order valence-electron chi connectivity index (χ2n) is 6.52. The smallest absolute Gasteiger partial charge is 0.255 e. The van der Waals surface area contributed by atoms with Crippen LogP contribution in [0.5, 0.6) is 5.75 Å². The summed E-state index contributed by atoms with van der Waals surface area (Å²) >= 11 is 3.48. The Labute approximate surface area is 181 Å². The summed E-state index contributed by atoms with van der Waals surface area (Å²) in [6.07, 6.45) is 0.750. The van der Waals surface area contributed by atoms with Gasteiger partial charge in [-0.3, -0.25) is 4.79 Å². The van der Waals surface area contributed by atoms with Gasteiger partial charge in [0.05, 0.1) is 7.11 Å². The molecule has 0 spiro atoms. The van der Waals surface area contributed by atoms with Crippen molar-refractivity contribution in [3.8, 4) is 5.75 Å². The Morgan fingerprint density at radius 2 is 1.79 bits per heavy atom. The number of hydrogen-bond donors (Lipinski definition) is 1. The number of sulfonamides is 1. The van der Waals surface area contributed by atoms with Gasteiger partial charge in [0.15, 0.2) is 0 Å². The highest BCUT2D eigenvalue weighted by atomic mass is 79.9. The Morgan fingerprint density at radius 1 is 1.14 bits per heavy atom. The fourth-order valence-electron chi connectivity index (χ4n) is 3.18. The maximum atomic E-state index is 13.0. The molecule has 0 saturated heterocycles. The van der Waals surface area contributed by atoms with Crippen LogP contribution in [0.1, 0.15) is 42.3 Å². The zero-order valence-corrected chi connectivity index (χ0v) is 19.8. The minimum Gasteiger partial charge on any atom is -0.495 e. The van der Waals surface area contributed by atoms with Crippen LogP contribution >= 0.6 is 15.9 Å². The van der Waals surface area contributed by atoms with Gasteiger partial charge in [-0.05, 0) is 54.8 Å². The molecular formula is C21H27BrN2O4S. The SMILES string of the molecule is CCc1cc(Br)cc(C)c1NC(=O)c1ccc(OC)c(S(=O)(=O)N(CC)CC)c1. The van der Waals surface area contributed by atoms with Gasteiger partial charge in [0.2, 0.25) is 10.0 Å². The molecule has 158 valence electrons. The van der Waals surface area contributed by atoms with Crippen LogP contribution in [0.3, 0.4) is 0 Å². The van der Waals surface area contributed by atoms with Gasteiger partial charge in [-0.2, -0.15) is 4.31 Å². The lowest BCUT2D eigenvalue weighted by atomic mass is 10.1. The summed E-state index contributed by atoms with van der Waals surface area (Å²) in [5.74, 6) is -0.161. The molecule has 0 unspecified atom stereocenters. The normalized spacial score (nSPS) is 11.6. The van der Waals surface area contributed by atoms with E-state index in [1.807, 2.05) is 26.0 Å². The number of anilines is 1. The van der Waals surface area contributed by atoms with Crippen molar-refractivity contribution >= 4 is 37.5 Å². The molecule has 1 N–H and O–H groups in total. The van der Waals surface area contributed by atoms with Gasteiger partial charge >= 0.3 is 0 Å². The molecule has 6 nitrogen and oxygen atoms in total. The Hall–Kier alpha value is -1.90. The van der Waals surface area contributed by atoms with Crippen LogP contribution < -0.4 is 10.1 Å². The fraction of sp³-hybridized carbons (Fsp3) is 0.381. The molecule has 0 heterocycles. The number of benzene rings is 2. The maximum Gasteiger partial charge on any atom is 0.255 e. The molecule has 0 saturated carbocycles. The summed E-state index contributed by atoms with van der Waals surface area (Å²) in [5, 5.41) is 2.94. The largest absolute Gasteiger partial charge is 0.495 e. The van der Waals surface area contributed by atoms with E-state index >= 15 is 0 Å². The van der Waals surface area contributed by atoms with E-state index in [1.165, 1.54) is 23.5 Å². The molecule has 0 fully saturated rings. The van der Waals surface area contributed by atoms with Crippen molar-refractivity contribution in [2.24, 2.45) is 0 Å². The van der Waals surface area contributed by atoms with Gasteiger partial charge < -0.3 is 10.1 Å². The van der Waals surface area contributed by atoms with E-state index in [4.69, 9.17) is 4.74 Å². The van der Waals surface area contributed by atoms with Crippen molar-refractivity contribution < 1.29 is 17.9 Å². The van der Waals surface area contributed by atoms with E-state index in [0.717, 1.165) is 27.7 Å². The van der Waals surface area contributed by atoms with E-state index in [0.29, 0.717) is 13.1 Å². The third kappa shape index (κ3) is 4.99. The zero-order valence-electron chi connectivity index (χ0n) is 17.4. The van der Waals surface area contributed by atoms with Gasteiger partial charge in [0.1, 0.15) is 10.6 Å². The number of carbonyl (C=O) groups is 1. The van der Waals surface area contributed by atoms with Gasteiger partial charge in [-0.15, -0.1) is 0 Å². The Morgan fingerprint density at radius 3 is 2.34 bits per heavy atom. The number of amides is 1. The first-order chi connectivity index (χ1) is 13.7. The third-order valence-corrected chi connectivity index (χ3v) is 7.28. The molecule has 8 heteroatoms. The molecule has 0 aliphatic carbocycles. The highest BCUT2D eigenvalue weighted by Gasteiger charge is 2.27. The van der Waals surface area contributed by atoms with E-state index in [1.54, 1.807) is 19.9 Å². The average molecular weight is 483 g/mol. The van der Waals surface area contributed by atoms with Crippen LogP contribution in [-0.4, -0.2) is 38.8 Å². The van der Waals surface area contributed by atoms with Crippen LogP contribution in [-0.2, 0) is 16.4 Å². The molecule has 0 aliphatic rings. The molecule has 0 aliphatic heterocycles. The minimum atomic E-state index is -3.78. The highest BCUT2D eigenvalue weighted by Crippen LogP contribution is 2.30. The molecule has 0 bridgehead atoms. The number of aryl methyl sites for hydroxylation is 2. The predicted octanol–water partition coefficient (Wildman–Crippen LogP) is 4.61. The second-order valence-corrected chi connectivity index (χ2v) is 9.34. The van der Waals surface area contributed by atoms with Gasteiger partial charge in [0.25, 0.3) is 5.91 Å². The average Bonchev–Trinajstić information content (AvgIpc) is 2.69. The predicted molar refractivity (Wildman–Crippen MR) is 119 cm³/mol. The Kier molecular flexibility index (Phi) is 7.85. The highest BCUT2D eigenvalue weighted by molar-refractivity contribution is 9.10. The number of ether oxygens (including phenoxy) is 1. The van der Waals surface area contributed by atoms with E-state index in [-0.39, 0.29) is 22.1 Å². The maximum absolute atomic E-state index is 13.0. The summed E-state index contributed by atoms with van der Waals surface area (Å²) in [4.78, 5) is 12.9. The van der Waals surface area contributed by atoms with E-state index in [2.05, 4.69) is 21.2 Å². The lowest BCUT2D eigenvalue weighted by Crippen LogP contribution is -2.31. The quantitative estimate of drug-likeness (QED) is 0.595. The van der Waals surface area contributed by atoms with E-state index in [9.17, 15) is 13.2 Å². The summed E-state index contributed by atoms with van der Waals surface area (Å²) in [5.41, 5.74) is 2.91. The van der Waals surface area contributed by atoms with Gasteiger partial charge in [-0.1, -0.05) is 36.7 Å². The molecule has 0 atom stereocenters. The number of methoxy groups -OCH3 is 1. The summed E-state index contributed by atoms with van der Waals surface area (Å²) in [6, 6.07) is 8.35. The monoisotopic (exact) mass is 482 g/mol. The molecule has 0 aromatic heterocycles. The number of nitrogens with zero attached hydrogens (tertiary/aromatic N) is 1. The van der Waals surface area contributed by atoms with Crippen LogP contribution in [0.25, 0.3) is 0 Å².